The number of halogens is 7. The van der Waals surface area contributed by atoms with E-state index in [9.17, 15) is 26.3 Å². The van der Waals surface area contributed by atoms with Gasteiger partial charge in [-0.15, -0.1) is 0 Å². The van der Waals surface area contributed by atoms with Crippen LogP contribution in [0.1, 0.15) is 11.6 Å². The summed E-state index contributed by atoms with van der Waals surface area (Å²) in [4.78, 5) is 21.8. The molecule has 0 saturated carbocycles. The number of rotatable bonds is 3. The molecule has 0 unspecified atom stereocenters. The van der Waals surface area contributed by atoms with Gasteiger partial charge in [-0.25, -0.2) is 14.6 Å². The second-order valence-corrected chi connectivity index (χ2v) is 4.89. The first-order chi connectivity index (χ1) is 11.6. The quantitative estimate of drug-likeness (QED) is 0.470. The van der Waals surface area contributed by atoms with Crippen molar-refractivity contribution < 1.29 is 50.9 Å². The Hall–Kier alpha value is -1.93. The average molecular weight is 459 g/mol. The number of methoxy groups -OCH3 is 1. The fraction of sp³-hybridized carbons (Fsp3) is 0.417. The summed E-state index contributed by atoms with van der Waals surface area (Å²) in [5.74, 6) is -5.51. The molecule has 14 heteroatoms. The number of nitrogens with zero attached hydrogens (tertiary/aromatic N) is 1. The van der Waals surface area contributed by atoms with Crippen LogP contribution in [-0.2, 0) is 14.3 Å². The molecular formula is C12H13BrF6N2O5. The third-order valence-corrected chi connectivity index (χ3v) is 2.44. The van der Waals surface area contributed by atoms with Gasteiger partial charge >= 0.3 is 24.3 Å². The third kappa shape index (κ3) is 13.4. The summed E-state index contributed by atoms with van der Waals surface area (Å²) in [6, 6.07) is 3.70. The zero-order valence-electron chi connectivity index (χ0n) is 12.8. The minimum atomic E-state index is -5.08. The normalized spacial score (nSPS) is 12.0. The number of hydrogen-bond acceptors (Lipinski definition) is 5. The molecule has 1 aromatic rings. The van der Waals surface area contributed by atoms with Crippen LogP contribution in [0.5, 0.6) is 0 Å². The molecule has 0 radical (unpaired) electrons. The number of carboxylic acid groups (broad SMARTS) is 2. The highest BCUT2D eigenvalue weighted by molar-refractivity contribution is 9.10. The smallest absolute Gasteiger partial charge is 0.475 e. The van der Waals surface area contributed by atoms with Gasteiger partial charge in [-0.05, 0) is 33.6 Å². The Kier molecular flexibility index (Phi) is 11.8. The van der Waals surface area contributed by atoms with Crippen LogP contribution in [0.15, 0.2) is 22.9 Å². The van der Waals surface area contributed by atoms with Gasteiger partial charge in [0.05, 0.1) is 12.6 Å². The zero-order chi connectivity index (χ0) is 21.1. The Balaban J connectivity index is 0. The van der Waals surface area contributed by atoms with E-state index in [2.05, 4.69) is 20.9 Å². The lowest BCUT2D eigenvalue weighted by molar-refractivity contribution is -0.193. The minimum absolute atomic E-state index is 0.0747. The summed E-state index contributed by atoms with van der Waals surface area (Å²) >= 11 is 3.27. The lowest BCUT2D eigenvalue weighted by Crippen LogP contribution is -2.21. The largest absolute Gasteiger partial charge is 0.490 e. The molecule has 0 fully saturated rings. The molecule has 4 N–H and O–H groups in total. The highest BCUT2D eigenvalue weighted by Crippen LogP contribution is 2.14. The number of alkyl halides is 6. The van der Waals surface area contributed by atoms with Crippen molar-refractivity contribution in [2.24, 2.45) is 5.73 Å². The summed E-state index contributed by atoms with van der Waals surface area (Å²) < 4.78 is 69.2. The van der Waals surface area contributed by atoms with E-state index in [4.69, 9.17) is 30.3 Å². The number of carbonyl (C=O) groups is 2. The van der Waals surface area contributed by atoms with Crippen LogP contribution in [0.2, 0.25) is 0 Å². The number of ether oxygens (including phenoxy) is 1. The van der Waals surface area contributed by atoms with Crippen LogP contribution >= 0.6 is 15.9 Å². The van der Waals surface area contributed by atoms with E-state index in [1.165, 1.54) is 0 Å². The topological polar surface area (TPSA) is 123 Å². The number of hydrogen-bond donors (Lipinski definition) is 3. The van der Waals surface area contributed by atoms with Crippen molar-refractivity contribution in [1.82, 2.24) is 4.98 Å². The van der Waals surface area contributed by atoms with Gasteiger partial charge in [0.2, 0.25) is 0 Å². The zero-order valence-corrected chi connectivity index (χ0v) is 14.4. The molecule has 0 saturated heterocycles. The van der Waals surface area contributed by atoms with Crippen LogP contribution in [0.4, 0.5) is 26.3 Å². The van der Waals surface area contributed by atoms with Gasteiger partial charge in [0.1, 0.15) is 4.60 Å². The molecule has 150 valence electrons. The lowest BCUT2D eigenvalue weighted by Gasteiger charge is -2.09. The Labute approximate surface area is 150 Å². The van der Waals surface area contributed by atoms with Crippen molar-refractivity contribution in [3.8, 4) is 0 Å². The monoisotopic (exact) mass is 458 g/mol. The first-order valence-electron chi connectivity index (χ1n) is 6.09. The van der Waals surface area contributed by atoms with Crippen LogP contribution in [0.3, 0.4) is 0 Å². The molecule has 0 spiro atoms. The molecule has 0 aliphatic heterocycles. The number of pyridine rings is 1. The number of nitrogens with two attached hydrogens (primary N) is 1. The minimum Gasteiger partial charge on any atom is -0.475 e. The maximum absolute atomic E-state index is 10.6. The molecule has 1 atom stereocenters. The van der Waals surface area contributed by atoms with Gasteiger partial charge in [-0.2, -0.15) is 26.3 Å². The summed E-state index contributed by atoms with van der Waals surface area (Å²) in [5.41, 5.74) is 6.83. The highest BCUT2D eigenvalue weighted by atomic mass is 79.9. The first-order valence-corrected chi connectivity index (χ1v) is 6.88. The standard InChI is InChI=1S/C8H11BrN2O.2C2HF3O2/c1-12-5-7(10)6-2-3-11-8(9)4-6;2*3-2(4,5)1(6)7/h2-4,7H,5,10H2,1H3;2*(H,6,7)/t7-;;/m0../s1. The lowest BCUT2D eigenvalue weighted by atomic mass is 10.1. The molecule has 0 aliphatic carbocycles. The molecule has 7 nitrogen and oxygen atoms in total. The molecule has 26 heavy (non-hydrogen) atoms. The number of carboxylic acids is 2. The van der Waals surface area contributed by atoms with E-state index < -0.39 is 24.3 Å². The predicted octanol–water partition coefficient (Wildman–Crippen LogP) is 2.76. The summed E-state index contributed by atoms with van der Waals surface area (Å²) in [6.07, 6.45) is -8.45. The third-order valence-electron chi connectivity index (χ3n) is 2.01. The molecule has 1 heterocycles. The molecule has 0 aliphatic rings. The Morgan fingerprint density at radius 2 is 1.58 bits per heavy atom. The van der Waals surface area contributed by atoms with Crippen LogP contribution in [0.25, 0.3) is 0 Å². The van der Waals surface area contributed by atoms with E-state index in [-0.39, 0.29) is 6.04 Å². The second kappa shape index (κ2) is 11.6. The fourth-order valence-corrected chi connectivity index (χ4v) is 1.31. The van der Waals surface area contributed by atoms with Crippen molar-refractivity contribution in [3.05, 3.63) is 28.5 Å². The fourth-order valence-electron chi connectivity index (χ4n) is 0.924. The van der Waals surface area contributed by atoms with Gasteiger partial charge < -0.3 is 20.7 Å². The Morgan fingerprint density at radius 3 is 1.85 bits per heavy atom. The predicted molar refractivity (Wildman–Crippen MR) is 78.1 cm³/mol. The Morgan fingerprint density at radius 1 is 1.19 bits per heavy atom. The summed E-state index contributed by atoms with van der Waals surface area (Å²) in [5, 5.41) is 14.2. The Bertz CT molecular complexity index is 558. The molecular weight excluding hydrogens is 446 g/mol. The van der Waals surface area contributed by atoms with Crippen LogP contribution in [0, 0.1) is 0 Å². The molecule has 0 bridgehead atoms. The van der Waals surface area contributed by atoms with Crippen molar-refractivity contribution in [1.29, 1.82) is 0 Å². The van der Waals surface area contributed by atoms with Crippen molar-refractivity contribution in [2.45, 2.75) is 18.4 Å². The molecule has 0 amide bonds. The van der Waals surface area contributed by atoms with E-state index in [1.807, 2.05) is 12.1 Å². The molecule has 1 aromatic heterocycles. The van der Waals surface area contributed by atoms with Gasteiger partial charge in [-0.1, -0.05) is 0 Å². The summed E-state index contributed by atoms with van der Waals surface area (Å²) in [7, 11) is 1.64. The van der Waals surface area contributed by atoms with Crippen LogP contribution < -0.4 is 5.73 Å². The van der Waals surface area contributed by atoms with Crippen LogP contribution in [-0.4, -0.2) is 53.2 Å². The van der Waals surface area contributed by atoms with Gasteiger partial charge in [0, 0.05) is 13.3 Å². The van der Waals surface area contributed by atoms with Crippen molar-refractivity contribution in [2.75, 3.05) is 13.7 Å². The highest BCUT2D eigenvalue weighted by Gasteiger charge is 2.38. The number of aliphatic carboxylic acids is 2. The molecule has 0 aromatic carbocycles. The van der Waals surface area contributed by atoms with Gasteiger partial charge in [0.25, 0.3) is 0 Å². The van der Waals surface area contributed by atoms with E-state index in [1.54, 1.807) is 13.3 Å². The SMILES string of the molecule is COC[C@H](N)c1ccnc(Br)c1.O=C(O)C(F)(F)F.O=C(O)C(F)(F)F. The average Bonchev–Trinajstić information content (AvgIpc) is 2.46. The van der Waals surface area contributed by atoms with Gasteiger partial charge in [0.15, 0.2) is 0 Å². The summed E-state index contributed by atoms with van der Waals surface area (Å²) in [6.45, 7) is 0.524. The van der Waals surface area contributed by atoms with Gasteiger partial charge in [-0.3, -0.25) is 0 Å². The van der Waals surface area contributed by atoms with E-state index in [0.717, 1.165) is 10.2 Å². The molecule has 1 rings (SSSR count). The maximum Gasteiger partial charge on any atom is 0.490 e. The van der Waals surface area contributed by atoms with Crippen molar-refractivity contribution in [3.63, 3.8) is 0 Å². The number of aromatic nitrogens is 1. The van der Waals surface area contributed by atoms with Crippen molar-refractivity contribution >= 4 is 27.9 Å². The second-order valence-electron chi connectivity index (χ2n) is 4.08. The first kappa shape index (κ1) is 26.3. The van der Waals surface area contributed by atoms with E-state index >= 15 is 0 Å². The van der Waals surface area contributed by atoms with E-state index in [0.29, 0.717) is 6.61 Å². The maximum atomic E-state index is 10.6.